The maximum absolute atomic E-state index is 11.8. The van der Waals surface area contributed by atoms with Crippen molar-refractivity contribution in [2.45, 2.75) is 39.2 Å². The van der Waals surface area contributed by atoms with Gasteiger partial charge in [0.2, 0.25) is 5.91 Å². The Hall–Kier alpha value is -1.46. The van der Waals surface area contributed by atoms with Gasteiger partial charge in [-0.05, 0) is 37.5 Å². The molecule has 1 saturated heterocycles. The molecule has 2 rings (SSSR count). The average Bonchev–Trinajstić information content (AvgIpc) is 3.05. The van der Waals surface area contributed by atoms with Gasteiger partial charge in [0.15, 0.2) is 5.96 Å². The number of benzene rings is 1. The minimum absolute atomic E-state index is 0.208. The zero-order valence-corrected chi connectivity index (χ0v) is 16.3. The molecule has 1 aliphatic heterocycles. The number of carbonyl (C=O) groups is 1. The Morgan fingerprint density at radius 2 is 2.04 bits per heavy atom. The van der Waals surface area contributed by atoms with Gasteiger partial charge >= 0.3 is 0 Å². The van der Waals surface area contributed by atoms with E-state index in [1.165, 1.54) is 0 Å². The Labute approximate surface area is 159 Å². The van der Waals surface area contributed by atoms with E-state index in [4.69, 9.17) is 23.2 Å². The quantitative estimate of drug-likeness (QED) is 0.585. The average molecular weight is 385 g/mol. The van der Waals surface area contributed by atoms with Crippen molar-refractivity contribution >= 4 is 35.1 Å². The van der Waals surface area contributed by atoms with Crippen LogP contribution in [-0.2, 0) is 11.2 Å². The van der Waals surface area contributed by atoms with Crippen LogP contribution in [0.1, 0.15) is 32.3 Å². The molecular weight excluding hydrogens is 359 g/mol. The number of nitrogens with one attached hydrogen (secondary N) is 2. The molecule has 0 radical (unpaired) electrons. The highest BCUT2D eigenvalue weighted by Crippen LogP contribution is 2.24. The Kier molecular flexibility index (Phi) is 7.85. The van der Waals surface area contributed by atoms with Crippen LogP contribution in [0.3, 0.4) is 0 Å². The molecule has 25 heavy (non-hydrogen) atoms. The molecule has 7 heteroatoms. The molecule has 0 bridgehead atoms. The summed E-state index contributed by atoms with van der Waals surface area (Å²) in [5.41, 5.74) is 0.922. The van der Waals surface area contributed by atoms with Crippen LogP contribution in [-0.4, -0.2) is 49.0 Å². The second-order valence-electron chi connectivity index (χ2n) is 6.03. The maximum Gasteiger partial charge on any atom is 0.222 e. The molecule has 1 aliphatic rings. The summed E-state index contributed by atoms with van der Waals surface area (Å²) in [4.78, 5) is 18.3. The van der Waals surface area contributed by atoms with Crippen molar-refractivity contribution in [1.29, 1.82) is 0 Å². The van der Waals surface area contributed by atoms with Gasteiger partial charge in [0.25, 0.3) is 0 Å². The van der Waals surface area contributed by atoms with E-state index in [1.54, 1.807) is 0 Å². The predicted molar refractivity (Wildman–Crippen MR) is 105 cm³/mol. The van der Waals surface area contributed by atoms with Gasteiger partial charge in [-0.15, -0.1) is 0 Å². The summed E-state index contributed by atoms with van der Waals surface area (Å²) in [6.07, 6.45) is 2.17. The lowest BCUT2D eigenvalue weighted by Gasteiger charge is -2.18. The number of carbonyl (C=O) groups excluding carboxylic acids is 1. The smallest absolute Gasteiger partial charge is 0.222 e. The van der Waals surface area contributed by atoms with E-state index in [9.17, 15) is 4.79 Å². The molecule has 0 saturated carbocycles. The summed E-state index contributed by atoms with van der Waals surface area (Å²) in [7, 11) is 0. The molecule has 5 nitrogen and oxygen atoms in total. The number of likely N-dealkylation sites (tertiary alicyclic amines) is 1. The van der Waals surface area contributed by atoms with Gasteiger partial charge in [0, 0.05) is 48.7 Å². The Morgan fingerprint density at radius 3 is 2.68 bits per heavy atom. The lowest BCUT2D eigenvalue weighted by molar-refractivity contribution is -0.129. The fourth-order valence-electron chi connectivity index (χ4n) is 2.89. The lowest BCUT2D eigenvalue weighted by Crippen LogP contribution is -2.45. The molecule has 1 unspecified atom stereocenters. The molecule has 0 spiro atoms. The van der Waals surface area contributed by atoms with Crippen LogP contribution in [0.4, 0.5) is 0 Å². The van der Waals surface area contributed by atoms with Gasteiger partial charge in [-0.2, -0.15) is 0 Å². The number of hydrogen-bond acceptors (Lipinski definition) is 2. The van der Waals surface area contributed by atoms with E-state index in [2.05, 4.69) is 15.6 Å². The van der Waals surface area contributed by atoms with Gasteiger partial charge in [-0.3, -0.25) is 9.79 Å². The van der Waals surface area contributed by atoms with Crippen molar-refractivity contribution in [3.63, 3.8) is 0 Å². The summed E-state index contributed by atoms with van der Waals surface area (Å²) in [5.74, 6) is 0.973. The summed E-state index contributed by atoms with van der Waals surface area (Å²) in [6.45, 7) is 6.83. The van der Waals surface area contributed by atoms with Gasteiger partial charge in [-0.25, -0.2) is 0 Å². The molecule has 1 amide bonds. The van der Waals surface area contributed by atoms with Gasteiger partial charge in [0.05, 0.1) is 0 Å². The Balaban J connectivity index is 1.91. The van der Waals surface area contributed by atoms with E-state index in [0.717, 1.165) is 37.6 Å². The van der Waals surface area contributed by atoms with Crippen molar-refractivity contribution in [3.05, 3.63) is 33.8 Å². The first kappa shape index (κ1) is 19.9. The van der Waals surface area contributed by atoms with Crippen LogP contribution in [0.2, 0.25) is 10.0 Å². The van der Waals surface area contributed by atoms with E-state index >= 15 is 0 Å². The first-order valence-electron chi connectivity index (χ1n) is 8.80. The molecule has 1 aromatic carbocycles. The highest BCUT2D eigenvalue weighted by molar-refractivity contribution is 6.35. The number of halogens is 2. The molecule has 1 atom stereocenters. The van der Waals surface area contributed by atoms with Crippen molar-refractivity contribution < 1.29 is 4.79 Å². The lowest BCUT2D eigenvalue weighted by atomic mass is 10.1. The number of hydrogen-bond donors (Lipinski definition) is 2. The number of guanidine groups is 1. The van der Waals surface area contributed by atoms with Crippen molar-refractivity contribution in [2.75, 3.05) is 26.2 Å². The zero-order chi connectivity index (χ0) is 18.2. The molecule has 1 heterocycles. The number of amides is 1. The molecule has 0 aliphatic carbocycles. The molecule has 1 aromatic rings. The van der Waals surface area contributed by atoms with Crippen LogP contribution in [0.15, 0.2) is 23.2 Å². The summed E-state index contributed by atoms with van der Waals surface area (Å²) < 4.78 is 0. The third kappa shape index (κ3) is 5.79. The van der Waals surface area contributed by atoms with Crippen LogP contribution in [0.5, 0.6) is 0 Å². The third-order valence-corrected chi connectivity index (χ3v) is 4.93. The summed E-state index contributed by atoms with van der Waals surface area (Å²) in [5, 5.41) is 8.02. The van der Waals surface area contributed by atoms with Crippen molar-refractivity contribution in [2.24, 2.45) is 4.99 Å². The maximum atomic E-state index is 11.8. The summed E-state index contributed by atoms with van der Waals surface area (Å²) >= 11 is 12.4. The van der Waals surface area contributed by atoms with Crippen molar-refractivity contribution in [3.8, 4) is 0 Å². The minimum Gasteiger partial charge on any atom is -0.357 e. The van der Waals surface area contributed by atoms with Gasteiger partial charge < -0.3 is 15.5 Å². The zero-order valence-electron chi connectivity index (χ0n) is 14.8. The van der Waals surface area contributed by atoms with Crippen molar-refractivity contribution in [1.82, 2.24) is 15.5 Å². The fraction of sp³-hybridized carbons (Fsp3) is 0.556. The highest BCUT2D eigenvalue weighted by atomic mass is 35.5. The monoisotopic (exact) mass is 384 g/mol. The topological polar surface area (TPSA) is 56.7 Å². The van der Waals surface area contributed by atoms with E-state index in [-0.39, 0.29) is 11.9 Å². The normalized spacial score (nSPS) is 17.7. The molecule has 2 N–H and O–H groups in total. The summed E-state index contributed by atoms with van der Waals surface area (Å²) in [6, 6.07) is 5.76. The van der Waals surface area contributed by atoms with Crippen LogP contribution < -0.4 is 10.6 Å². The van der Waals surface area contributed by atoms with E-state index in [1.807, 2.05) is 36.9 Å². The second-order valence-corrected chi connectivity index (χ2v) is 6.85. The van der Waals surface area contributed by atoms with Gasteiger partial charge in [-0.1, -0.05) is 36.2 Å². The predicted octanol–water partition coefficient (Wildman–Crippen LogP) is 3.10. The van der Waals surface area contributed by atoms with E-state index in [0.29, 0.717) is 29.4 Å². The van der Waals surface area contributed by atoms with Crippen LogP contribution in [0.25, 0.3) is 0 Å². The van der Waals surface area contributed by atoms with Gasteiger partial charge in [0.1, 0.15) is 0 Å². The molecule has 138 valence electrons. The molecule has 0 aromatic heterocycles. The highest BCUT2D eigenvalue weighted by Gasteiger charge is 2.25. The first-order valence-corrected chi connectivity index (χ1v) is 9.56. The van der Waals surface area contributed by atoms with E-state index < -0.39 is 0 Å². The number of aliphatic imine (C=N–C) groups is 1. The van der Waals surface area contributed by atoms with Crippen LogP contribution >= 0.6 is 23.2 Å². The third-order valence-electron chi connectivity index (χ3n) is 4.22. The minimum atomic E-state index is 0.208. The SMILES string of the molecule is CCNC(=NCCc1c(Cl)cccc1Cl)NC1CCN(C(=O)CC)C1. The second kappa shape index (κ2) is 9.88. The number of nitrogens with zero attached hydrogens (tertiary/aromatic N) is 2. The largest absolute Gasteiger partial charge is 0.357 e. The molecule has 1 fully saturated rings. The standard InChI is InChI=1S/C18H26Cl2N4O/c1-3-17(25)24-11-9-13(12-24)23-18(21-4-2)22-10-8-14-15(19)6-5-7-16(14)20/h5-7,13H,3-4,8-12H2,1-2H3,(H2,21,22,23). The Morgan fingerprint density at radius 1 is 1.32 bits per heavy atom. The number of rotatable bonds is 6. The molecular formula is C18H26Cl2N4O. The first-order chi connectivity index (χ1) is 12.0. The fourth-order valence-corrected chi connectivity index (χ4v) is 3.48. The van der Waals surface area contributed by atoms with Crippen LogP contribution in [0, 0.1) is 0 Å². The Bertz CT molecular complexity index is 601.